The third-order valence-corrected chi connectivity index (χ3v) is 4.56. The standard InChI is InChI=1S/C17H19NO4S/c1-18(6-4-8-19)7-5-12-13-9-14(21-2)15(22-3)10-16(13)23-17(12)11-20/h5,7-11H,4,6H2,1-3H3/b7-5-. The van der Waals surface area contributed by atoms with Gasteiger partial charge < -0.3 is 19.2 Å². The lowest BCUT2D eigenvalue weighted by molar-refractivity contribution is -0.108. The number of hydrogen-bond acceptors (Lipinski definition) is 6. The van der Waals surface area contributed by atoms with Gasteiger partial charge in [-0.15, -0.1) is 11.3 Å². The zero-order valence-corrected chi connectivity index (χ0v) is 14.2. The van der Waals surface area contributed by atoms with Crippen molar-refractivity contribution in [2.45, 2.75) is 6.42 Å². The lowest BCUT2D eigenvalue weighted by Crippen LogP contribution is -2.12. The van der Waals surface area contributed by atoms with Crippen molar-refractivity contribution < 1.29 is 19.1 Å². The van der Waals surface area contributed by atoms with Crippen molar-refractivity contribution in [3.05, 3.63) is 28.8 Å². The molecule has 23 heavy (non-hydrogen) atoms. The molecule has 5 nitrogen and oxygen atoms in total. The minimum Gasteiger partial charge on any atom is -0.493 e. The molecular weight excluding hydrogens is 314 g/mol. The molecule has 1 aromatic carbocycles. The molecule has 0 fully saturated rings. The Hall–Kier alpha value is -2.34. The minimum absolute atomic E-state index is 0.469. The van der Waals surface area contributed by atoms with Crippen LogP contribution in [0.4, 0.5) is 0 Å². The molecule has 1 heterocycles. The van der Waals surface area contributed by atoms with Crippen molar-refractivity contribution in [2.24, 2.45) is 0 Å². The van der Waals surface area contributed by atoms with Crippen LogP contribution in [0.5, 0.6) is 11.5 Å². The van der Waals surface area contributed by atoms with E-state index in [1.165, 1.54) is 11.3 Å². The summed E-state index contributed by atoms with van der Waals surface area (Å²) in [7, 11) is 5.05. The Balaban J connectivity index is 2.46. The minimum atomic E-state index is 0.469. The normalized spacial score (nSPS) is 10.9. The fourth-order valence-electron chi connectivity index (χ4n) is 2.25. The molecule has 0 saturated heterocycles. The van der Waals surface area contributed by atoms with Crippen molar-refractivity contribution in [1.82, 2.24) is 4.90 Å². The van der Waals surface area contributed by atoms with E-state index in [1.54, 1.807) is 14.2 Å². The van der Waals surface area contributed by atoms with Crippen molar-refractivity contribution in [3.8, 4) is 11.5 Å². The molecule has 0 bridgehead atoms. The SMILES string of the molecule is COc1cc2sc(C=O)c(/C=C\N(C)CCC=O)c2cc1OC. The Bertz CT molecular complexity index is 736. The van der Waals surface area contributed by atoms with Gasteiger partial charge >= 0.3 is 0 Å². The Morgan fingerprint density at radius 3 is 2.48 bits per heavy atom. The van der Waals surface area contributed by atoms with Gasteiger partial charge in [0, 0.05) is 41.7 Å². The Labute approximate surface area is 139 Å². The molecule has 0 aliphatic heterocycles. The van der Waals surface area contributed by atoms with Gasteiger partial charge in [0.15, 0.2) is 17.8 Å². The smallest absolute Gasteiger partial charge is 0.162 e. The molecule has 122 valence electrons. The summed E-state index contributed by atoms with van der Waals surface area (Å²) in [5.41, 5.74) is 0.846. The van der Waals surface area contributed by atoms with Crippen LogP contribution in [-0.2, 0) is 4.79 Å². The van der Waals surface area contributed by atoms with Gasteiger partial charge in [0.05, 0.1) is 19.1 Å². The van der Waals surface area contributed by atoms with Crippen molar-refractivity contribution >= 4 is 40.1 Å². The van der Waals surface area contributed by atoms with Gasteiger partial charge in [0.2, 0.25) is 0 Å². The van der Waals surface area contributed by atoms with E-state index in [1.807, 2.05) is 36.4 Å². The first kappa shape index (κ1) is 17.0. The van der Waals surface area contributed by atoms with Crippen LogP contribution >= 0.6 is 11.3 Å². The summed E-state index contributed by atoms with van der Waals surface area (Å²) in [6, 6.07) is 3.75. The summed E-state index contributed by atoms with van der Waals surface area (Å²) >= 11 is 1.41. The van der Waals surface area contributed by atoms with E-state index in [-0.39, 0.29) is 0 Å². The molecule has 0 aliphatic carbocycles. The monoisotopic (exact) mass is 333 g/mol. The summed E-state index contributed by atoms with van der Waals surface area (Å²) in [6.45, 7) is 0.635. The molecule has 2 rings (SSSR count). The highest BCUT2D eigenvalue weighted by molar-refractivity contribution is 7.20. The van der Waals surface area contributed by atoms with E-state index < -0.39 is 0 Å². The number of hydrogen-bond donors (Lipinski definition) is 0. The van der Waals surface area contributed by atoms with Crippen molar-refractivity contribution in [2.75, 3.05) is 27.8 Å². The fourth-order valence-corrected chi connectivity index (χ4v) is 3.27. The Kier molecular flexibility index (Phi) is 5.76. The molecule has 0 amide bonds. The van der Waals surface area contributed by atoms with Crippen LogP contribution < -0.4 is 9.47 Å². The van der Waals surface area contributed by atoms with E-state index in [2.05, 4.69) is 0 Å². The summed E-state index contributed by atoms with van der Waals surface area (Å²) in [4.78, 5) is 24.4. The molecule has 0 saturated carbocycles. The maximum atomic E-state index is 11.4. The van der Waals surface area contributed by atoms with E-state index in [0.29, 0.717) is 29.3 Å². The Morgan fingerprint density at radius 2 is 1.87 bits per heavy atom. The first-order valence-corrected chi connectivity index (χ1v) is 7.92. The van der Waals surface area contributed by atoms with E-state index in [9.17, 15) is 9.59 Å². The van der Waals surface area contributed by atoms with Crippen LogP contribution in [0.3, 0.4) is 0 Å². The molecule has 2 aromatic rings. The van der Waals surface area contributed by atoms with Gasteiger partial charge in [-0.1, -0.05) is 0 Å². The second-order valence-corrected chi connectivity index (χ2v) is 6.04. The number of aldehydes is 2. The van der Waals surface area contributed by atoms with Crippen LogP contribution in [0, 0.1) is 0 Å². The zero-order valence-electron chi connectivity index (χ0n) is 13.4. The molecule has 1 aromatic heterocycles. The van der Waals surface area contributed by atoms with Crippen LogP contribution in [-0.4, -0.2) is 45.3 Å². The van der Waals surface area contributed by atoms with Crippen LogP contribution in [0.15, 0.2) is 18.3 Å². The highest BCUT2D eigenvalue weighted by atomic mass is 32.1. The number of carbonyl (C=O) groups is 2. The number of fused-ring (bicyclic) bond motifs is 1. The first-order chi connectivity index (χ1) is 11.1. The number of benzene rings is 1. The van der Waals surface area contributed by atoms with E-state index in [0.717, 1.165) is 28.2 Å². The lowest BCUT2D eigenvalue weighted by atomic mass is 10.1. The number of ether oxygens (including phenoxy) is 2. The maximum absolute atomic E-state index is 11.4. The van der Waals surface area contributed by atoms with Gasteiger partial charge in [-0.2, -0.15) is 0 Å². The van der Waals surface area contributed by atoms with Crippen LogP contribution in [0.1, 0.15) is 21.7 Å². The number of nitrogens with zero attached hydrogens (tertiary/aromatic N) is 1. The molecule has 0 spiro atoms. The summed E-state index contributed by atoms with van der Waals surface area (Å²) in [6.07, 6.45) is 5.97. The van der Waals surface area contributed by atoms with Crippen LogP contribution in [0.25, 0.3) is 16.2 Å². The predicted molar refractivity (Wildman–Crippen MR) is 92.7 cm³/mol. The zero-order chi connectivity index (χ0) is 16.8. The molecule has 0 aliphatic rings. The summed E-state index contributed by atoms with van der Waals surface area (Å²) in [5.74, 6) is 1.26. The Morgan fingerprint density at radius 1 is 1.17 bits per heavy atom. The first-order valence-electron chi connectivity index (χ1n) is 7.10. The quantitative estimate of drug-likeness (QED) is 0.694. The molecule has 0 N–H and O–H groups in total. The average molecular weight is 333 g/mol. The lowest BCUT2D eigenvalue weighted by Gasteiger charge is -2.11. The molecule has 0 unspecified atom stereocenters. The summed E-state index contributed by atoms with van der Waals surface area (Å²) < 4.78 is 11.6. The molecule has 0 atom stereocenters. The van der Waals surface area contributed by atoms with E-state index in [4.69, 9.17) is 9.47 Å². The van der Waals surface area contributed by atoms with Crippen molar-refractivity contribution in [3.63, 3.8) is 0 Å². The highest BCUT2D eigenvalue weighted by Gasteiger charge is 2.14. The van der Waals surface area contributed by atoms with Gasteiger partial charge in [-0.05, 0) is 18.3 Å². The second kappa shape index (κ2) is 7.78. The highest BCUT2D eigenvalue weighted by Crippen LogP contribution is 2.39. The average Bonchev–Trinajstić information content (AvgIpc) is 2.93. The van der Waals surface area contributed by atoms with Gasteiger partial charge in [0.1, 0.15) is 6.29 Å². The number of rotatable bonds is 8. The second-order valence-electron chi connectivity index (χ2n) is 4.95. The fraction of sp³-hybridized carbons (Fsp3) is 0.294. The van der Waals surface area contributed by atoms with Crippen LogP contribution in [0.2, 0.25) is 0 Å². The van der Waals surface area contributed by atoms with Crippen molar-refractivity contribution in [1.29, 1.82) is 0 Å². The maximum Gasteiger partial charge on any atom is 0.162 e. The number of thiophene rings is 1. The third-order valence-electron chi connectivity index (χ3n) is 3.46. The number of carbonyl (C=O) groups excluding carboxylic acids is 2. The van der Waals surface area contributed by atoms with Gasteiger partial charge in [0.25, 0.3) is 0 Å². The van der Waals surface area contributed by atoms with Gasteiger partial charge in [-0.3, -0.25) is 4.79 Å². The van der Waals surface area contributed by atoms with E-state index >= 15 is 0 Å². The largest absolute Gasteiger partial charge is 0.493 e. The summed E-state index contributed by atoms with van der Waals surface area (Å²) in [5, 5.41) is 0.940. The molecule has 6 heteroatoms. The molecular formula is C17H19NO4S. The third kappa shape index (κ3) is 3.71. The van der Waals surface area contributed by atoms with Gasteiger partial charge in [-0.25, -0.2) is 0 Å². The number of methoxy groups -OCH3 is 2. The molecule has 0 radical (unpaired) electrons. The topological polar surface area (TPSA) is 55.8 Å². The predicted octanol–water partition coefficient (Wildman–Crippen LogP) is 3.22.